The average molecular weight is 273 g/mol. The molecule has 0 amide bonds. The SMILES string of the molecule is Cc1cnn(C2CN(C(C)c3nc(C4CC4)no3)C2)c1. The predicted molar refractivity (Wildman–Crippen MR) is 72.3 cm³/mol. The third-order valence-electron chi connectivity index (χ3n) is 4.30. The maximum absolute atomic E-state index is 5.40. The van der Waals surface area contributed by atoms with Gasteiger partial charge in [0, 0.05) is 25.2 Å². The van der Waals surface area contributed by atoms with Crippen LogP contribution in [0.1, 0.15) is 55.0 Å². The summed E-state index contributed by atoms with van der Waals surface area (Å²) in [5.41, 5.74) is 1.21. The first-order valence-electron chi connectivity index (χ1n) is 7.29. The van der Waals surface area contributed by atoms with Crippen LogP contribution in [0.2, 0.25) is 0 Å². The molecule has 1 unspecified atom stereocenters. The van der Waals surface area contributed by atoms with Crippen molar-refractivity contribution in [1.29, 1.82) is 0 Å². The van der Waals surface area contributed by atoms with Crippen LogP contribution in [0.3, 0.4) is 0 Å². The fourth-order valence-corrected chi connectivity index (χ4v) is 2.68. The second-order valence-corrected chi connectivity index (χ2v) is 6.05. The lowest BCUT2D eigenvalue weighted by molar-refractivity contribution is 0.0456. The van der Waals surface area contributed by atoms with Crippen LogP contribution in [0.4, 0.5) is 0 Å². The molecule has 6 heteroatoms. The zero-order chi connectivity index (χ0) is 13.7. The molecular formula is C14H19N5O. The third kappa shape index (κ3) is 2.04. The molecule has 2 aliphatic rings. The van der Waals surface area contributed by atoms with Crippen LogP contribution < -0.4 is 0 Å². The average Bonchev–Trinajstić information content (AvgIpc) is 2.95. The van der Waals surface area contributed by atoms with Gasteiger partial charge in [0.1, 0.15) is 0 Å². The van der Waals surface area contributed by atoms with Crippen molar-refractivity contribution in [1.82, 2.24) is 24.8 Å². The number of aryl methyl sites for hydroxylation is 1. The number of aromatic nitrogens is 4. The molecule has 0 aromatic carbocycles. The highest BCUT2D eigenvalue weighted by atomic mass is 16.5. The van der Waals surface area contributed by atoms with E-state index >= 15 is 0 Å². The standard InChI is InChI=1S/C14H19N5O/c1-9-5-15-19(6-9)12-7-18(8-12)10(2)14-16-13(17-20-14)11-3-4-11/h5-6,10-12H,3-4,7-8H2,1-2H3. The Balaban J connectivity index is 1.39. The molecule has 0 spiro atoms. The Morgan fingerprint density at radius 1 is 1.35 bits per heavy atom. The molecule has 2 aromatic rings. The molecule has 4 rings (SSSR count). The van der Waals surface area contributed by atoms with Gasteiger partial charge in [0.05, 0.1) is 18.3 Å². The topological polar surface area (TPSA) is 60.0 Å². The van der Waals surface area contributed by atoms with Gasteiger partial charge in [-0.25, -0.2) is 0 Å². The Bertz CT molecular complexity index is 609. The summed E-state index contributed by atoms with van der Waals surface area (Å²) in [7, 11) is 0. The van der Waals surface area contributed by atoms with Gasteiger partial charge in [-0.3, -0.25) is 9.58 Å². The monoisotopic (exact) mass is 273 g/mol. The minimum absolute atomic E-state index is 0.197. The summed E-state index contributed by atoms with van der Waals surface area (Å²) in [4.78, 5) is 6.89. The maximum atomic E-state index is 5.40. The molecule has 20 heavy (non-hydrogen) atoms. The molecule has 2 aromatic heterocycles. The zero-order valence-corrected chi connectivity index (χ0v) is 11.9. The van der Waals surface area contributed by atoms with Crippen molar-refractivity contribution in [3.63, 3.8) is 0 Å². The van der Waals surface area contributed by atoms with Crippen LogP contribution in [0, 0.1) is 6.92 Å². The van der Waals surface area contributed by atoms with Crippen molar-refractivity contribution in [3.8, 4) is 0 Å². The summed E-state index contributed by atoms with van der Waals surface area (Å²) in [6.07, 6.45) is 6.42. The largest absolute Gasteiger partial charge is 0.338 e. The highest BCUT2D eigenvalue weighted by Crippen LogP contribution is 2.39. The van der Waals surface area contributed by atoms with E-state index in [9.17, 15) is 0 Å². The van der Waals surface area contributed by atoms with Gasteiger partial charge in [0.25, 0.3) is 0 Å². The molecule has 1 aliphatic heterocycles. The molecule has 6 nitrogen and oxygen atoms in total. The predicted octanol–water partition coefficient (Wildman–Crippen LogP) is 2.07. The van der Waals surface area contributed by atoms with Crippen molar-refractivity contribution in [2.45, 2.75) is 44.7 Å². The van der Waals surface area contributed by atoms with E-state index in [1.165, 1.54) is 18.4 Å². The van der Waals surface area contributed by atoms with Crippen LogP contribution in [-0.4, -0.2) is 37.9 Å². The highest BCUT2D eigenvalue weighted by molar-refractivity contribution is 5.06. The molecule has 0 radical (unpaired) electrons. The molecule has 1 saturated heterocycles. The van der Waals surface area contributed by atoms with E-state index in [-0.39, 0.29) is 6.04 Å². The molecule has 1 atom stereocenters. The van der Waals surface area contributed by atoms with Gasteiger partial charge < -0.3 is 4.52 Å². The number of nitrogens with zero attached hydrogens (tertiary/aromatic N) is 5. The molecule has 2 fully saturated rings. The van der Waals surface area contributed by atoms with Gasteiger partial charge in [-0.1, -0.05) is 5.16 Å². The van der Waals surface area contributed by atoms with E-state index in [4.69, 9.17) is 4.52 Å². The van der Waals surface area contributed by atoms with E-state index < -0.39 is 0 Å². The fourth-order valence-electron chi connectivity index (χ4n) is 2.68. The summed E-state index contributed by atoms with van der Waals surface area (Å²) >= 11 is 0. The van der Waals surface area contributed by atoms with Crippen LogP contribution in [0.15, 0.2) is 16.9 Å². The lowest BCUT2D eigenvalue weighted by Gasteiger charge is -2.41. The molecule has 0 N–H and O–H groups in total. The smallest absolute Gasteiger partial charge is 0.243 e. The zero-order valence-electron chi connectivity index (χ0n) is 11.9. The van der Waals surface area contributed by atoms with Crippen LogP contribution in [0.5, 0.6) is 0 Å². The second kappa shape index (κ2) is 4.41. The Hall–Kier alpha value is -1.69. The van der Waals surface area contributed by atoms with Gasteiger partial charge in [-0.05, 0) is 32.3 Å². The number of rotatable bonds is 4. The van der Waals surface area contributed by atoms with E-state index in [0.29, 0.717) is 12.0 Å². The minimum atomic E-state index is 0.197. The van der Waals surface area contributed by atoms with Crippen molar-refractivity contribution >= 4 is 0 Å². The van der Waals surface area contributed by atoms with Gasteiger partial charge in [0.15, 0.2) is 5.82 Å². The summed E-state index contributed by atoms with van der Waals surface area (Å²) in [6, 6.07) is 0.667. The van der Waals surface area contributed by atoms with Gasteiger partial charge in [-0.2, -0.15) is 10.1 Å². The number of likely N-dealkylation sites (tertiary alicyclic amines) is 1. The van der Waals surface area contributed by atoms with Crippen molar-refractivity contribution in [3.05, 3.63) is 29.7 Å². The second-order valence-electron chi connectivity index (χ2n) is 6.05. The lowest BCUT2D eigenvalue weighted by atomic mass is 10.1. The Morgan fingerprint density at radius 2 is 2.15 bits per heavy atom. The quantitative estimate of drug-likeness (QED) is 0.853. The Kier molecular flexibility index (Phi) is 2.66. The highest BCUT2D eigenvalue weighted by Gasteiger charge is 2.36. The molecular weight excluding hydrogens is 254 g/mol. The first-order valence-corrected chi connectivity index (χ1v) is 7.29. The van der Waals surface area contributed by atoms with Crippen LogP contribution in [0.25, 0.3) is 0 Å². The van der Waals surface area contributed by atoms with Crippen molar-refractivity contribution < 1.29 is 4.52 Å². The molecule has 1 saturated carbocycles. The van der Waals surface area contributed by atoms with Crippen LogP contribution in [-0.2, 0) is 0 Å². The van der Waals surface area contributed by atoms with Crippen molar-refractivity contribution in [2.24, 2.45) is 0 Å². The van der Waals surface area contributed by atoms with Crippen LogP contribution >= 0.6 is 0 Å². The Labute approximate surface area is 117 Å². The summed E-state index contributed by atoms with van der Waals surface area (Å²) in [6.45, 7) is 6.18. The molecule has 0 bridgehead atoms. The van der Waals surface area contributed by atoms with E-state index in [1.807, 2.05) is 6.20 Å². The maximum Gasteiger partial charge on any atom is 0.243 e. The number of hydrogen-bond donors (Lipinski definition) is 0. The van der Waals surface area contributed by atoms with Crippen molar-refractivity contribution in [2.75, 3.05) is 13.1 Å². The first-order chi connectivity index (χ1) is 9.70. The summed E-state index contributed by atoms with van der Waals surface area (Å²) in [5, 5.41) is 8.47. The molecule has 1 aliphatic carbocycles. The minimum Gasteiger partial charge on any atom is -0.338 e. The third-order valence-corrected chi connectivity index (χ3v) is 4.30. The normalized spacial score (nSPS) is 21.9. The molecule has 3 heterocycles. The van der Waals surface area contributed by atoms with E-state index in [1.54, 1.807) is 0 Å². The first kappa shape index (κ1) is 12.1. The van der Waals surface area contributed by atoms with Gasteiger partial charge >= 0.3 is 0 Å². The van der Waals surface area contributed by atoms with Gasteiger partial charge in [-0.15, -0.1) is 0 Å². The summed E-state index contributed by atoms with van der Waals surface area (Å²) in [5.74, 6) is 2.20. The lowest BCUT2D eigenvalue weighted by Crippen LogP contribution is -2.48. The van der Waals surface area contributed by atoms with Gasteiger partial charge in [0.2, 0.25) is 5.89 Å². The van der Waals surface area contributed by atoms with E-state index in [0.717, 1.165) is 24.8 Å². The fraction of sp³-hybridized carbons (Fsp3) is 0.643. The molecule has 106 valence electrons. The summed E-state index contributed by atoms with van der Waals surface area (Å²) < 4.78 is 7.46. The van der Waals surface area contributed by atoms with E-state index in [2.05, 4.69) is 44.9 Å². The number of hydrogen-bond acceptors (Lipinski definition) is 5. The Morgan fingerprint density at radius 3 is 2.80 bits per heavy atom.